The summed E-state index contributed by atoms with van der Waals surface area (Å²) in [6.45, 7) is 6.36. The van der Waals surface area contributed by atoms with Gasteiger partial charge in [-0.15, -0.1) is 9.35 Å². The van der Waals surface area contributed by atoms with Gasteiger partial charge in [0.2, 0.25) is 0 Å². The number of allylic oxidation sites excluding steroid dienone is 3. The molecule has 0 fully saturated rings. The first-order chi connectivity index (χ1) is 13.1. The molecule has 0 bridgehead atoms. The average molecular weight is 491 g/mol. The molecule has 28 heavy (non-hydrogen) atoms. The monoisotopic (exact) mass is 490 g/mol. The summed E-state index contributed by atoms with van der Waals surface area (Å²) in [4.78, 5) is 22.2. The summed E-state index contributed by atoms with van der Waals surface area (Å²) in [5.41, 5.74) is 0.110. The first-order valence-corrected chi connectivity index (χ1v) is 11.1. The van der Waals surface area contributed by atoms with Crippen LogP contribution in [0.25, 0.3) is 0 Å². The minimum absolute atomic E-state index is 0.00949. The minimum Gasteiger partial charge on any atom is -0.465 e. The Morgan fingerprint density at radius 3 is 1.68 bits per heavy atom. The van der Waals surface area contributed by atoms with Crippen LogP contribution in [-0.2, 0) is 33.2 Å². The Balaban J connectivity index is 7.08. The minimum atomic E-state index is -4.51. The zero-order valence-electron chi connectivity index (χ0n) is 15.9. The van der Waals surface area contributed by atoms with E-state index in [1.807, 2.05) is 0 Å². The maximum Gasteiger partial charge on any atom is 0.422 e. The predicted molar refractivity (Wildman–Crippen MR) is 114 cm³/mol. The van der Waals surface area contributed by atoms with Crippen molar-refractivity contribution in [2.24, 2.45) is 11.8 Å². The van der Waals surface area contributed by atoms with Crippen molar-refractivity contribution in [3.8, 4) is 0 Å². The number of ether oxygens (including phenoxy) is 1. The number of halogens is 2. The van der Waals surface area contributed by atoms with Crippen LogP contribution in [-0.4, -0.2) is 36.3 Å². The lowest BCUT2D eigenvalue weighted by atomic mass is 9.89. The Kier molecular flexibility index (Phi) is 13.6. The molecule has 0 radical (unpaired) electrons. The number of methoxy groups -OCH3 is 1. The predicted octanol–water partition coefficient (Wildman–Crippen LogP) is 5.26. The molecule has 0 aliphatic rings. The van der Waals surface area contributed by atoms with E-state index in [0.717, 1.165) is 7.11 Å². The zero-order valence-corrected chi connectivity index (χ0v) is 20.0. The van der Waals surface area contributed by atoms with Gasteiger partial charge in [-0.2, -0.15) is 0 Å². The number of rotatable bonds is 12. The van der Waals surface area contributed by atoms with Crippen molar-refractivity contribution in [3.05, 3.63) is 21.0 Å². The van der Waals surface area contributed by atoms with E-state index >= 15 is 0 Å². The molecule has 0 aliphatic carbocycles. The van der Waals surface area contributed by atoms with Gasteiger partial charge in [0.25, 0.3) is 0 Å². The van der Waals surface area contributed by atoms with E-state index in [2.05, 4.69) is 10.0 Å². The third-order valence-corrected chi connectivity index (χ3v) is 6.45. The number of esters is 1. The van der Waals surface area contributed by atoms with Gasteiger partial charge in [-0.3, -0.25) is 0 Å². The molecule has 0 rings (SSSR count). The molecule has 2 atom stereocenters. The van der Waals surface area contributed by atoms with Crippen molar-refractivity contribution in [2.75, 3.05) is 20.3 Å². The molecule has 0 aromatic rings. The molecule has 0 aromatic heterocycles. The smallest absolute Gasteiger partial charge is 0.422 e. The Hall–Kier alpha value is -0.400. The average Bonchev–Trinajstić information content (AvgIpc) is 2.71. The summed E-state index contributed by atoms with van der Waals surface area (Å²) in [6.07, 6.45) is 0. The van der Waals surface area contributed by atoms with Crippen LogP contribution < -0.4 is 0 Å². The van der Waals surface area contributed by atoms with Crippen molar-refractivity contribution in [2.45, 2.75) is 27.7 Å². The largest absolute Gasteiger partial charge is 0.465 e. The van der Waals surface area contributed by atoms with Crippen LogP contribution in [0.5, 0.6) is 0 Å². The summed E-state index contributed by atoms with van der Waals surface area (Å²) in [5.74, 6) is -2.58. The Morgan fingerprint density at radius 2 is 1.39 bits per heavy atom. The SMILES string of the molecule is CCOOP(=O)(OOCC)C(C(=O)OC)=C(C(C)C(Cl)=C=S)C(C)C(Cl)=C=S. The van der Waals surface area contributed by atoms with Crippen LogP contribution in [0.3, 0.4) is 0 Å². The van der Waals surface area contributed by atoms with E-state index in [1.165, 1.54) is 0 Å². The van der Waals surface area contributed by atoms with Crippen LogP contribution in [0, 0.1) is 11.8 Å². The Bertz CT molecular complexity index is 699. The lowest BCUT2D eigenvalue weighted by Gasteiger charge is -2.26. The highest BCUT2D eigenvalue weighted by Crippen LogP contribution is 2.60. The summed E-state index contributed by atoms with van der Waals surface area (Å²) in [5, 5.41) is 4.29. The van der Waals surface area contributed by atoms with E-state index in [9.17, 15) is 9.36 Å². The molecule has 0 N–H and O–H groups in total. The quantitative estimate of drug-likeness (QED) is 0.0907. The number of hydrogen-bond acceptors (Lipinski definition) is 9. The molecule has 7 nitrogen and oxygen atoms in total. The van der Waals surface area contributed by atoms with Gasteiger partial charge in [0.1, 0.15) is 0 Å². The van der Waals surface area contributed by atoms with Gasteiger partial charge < -0.3 is 4.74 Å². The molecule has 0 saturated heterocycles. The van der Waals surface area contributed by atoms with Crippen LogP contribution in [0.4, 0.5) is 0 Å². The van der Waals surface area contributed by atoms with Crippen molar-refractivity contribution < 1.29 is 33.2 Å². The van der Waals surface area contributed by atoms with Crippen molar-refractivity contribution >= 4 is 71.2 Å². The number of carbonyl (C=O) groups excluding carboxylic acids is 1. The Morgan fingerprint density at radius 1 is 1.00 bits per heavy atom. The fraction of sp³-hybridized carbons (Fsp3) is 0.562. The number of thiocarbonyl (C=S) groups is 2. The van der Waals surface area contributed by atoms with Gasteiger partial charge in [-0.25, -0.2) is 19.1 Å². The zero-order chi connectivity index (χ0) is 21.9. The lowest BCUT2D eigenvalue weighted by molar-refractivity contribution is -0.261. The normalized spacial score (nSPS) is 13.0. The summed E-state index contributed by atoms with van der Waals surface area (Å²) in [6, 6.07) is 0. The standard InChI is InChI=1S/C16H21Cl2O7PS2/c1-6-22-24-26(20,25-23-7-2)15(16(19)21-5)14(10(3)12(17)8-27)11(4)13(18)9-28/h10-11H,6-7H2,1-5H3. The molecule has 0 aromatic carbocycles. The molecule has 0 heterocycles. The van der Waals surface area contributed by atoms with Gasteiger partial charge in [0, 0.05) is 11.8 Å². The third-order valence-electron chi connectivity index (χ3n) is 3.35. The molecular weight excluding hydrogens is 470 g/mol. The third kappa shape index (κ3) is 7.45. The molecule has 12 heteroatoms. The molecule has 2 unspecified atom stereocenters. The van der Waals surface area contributed by atoms with Crippen molar-refractivity contribution in [1.82, 2.24) is 0 Å². The van der Waals surface area contributed by atoms with E-state index in [1.54, 1.807) is 27.7 Å². The van der Waals surface area contributed by atoms with E-state index < -0.39 is 30.7 Å². The van der Waals surface area contributed by atoms with Gasteiger partial charge in [0.05, 0.1) is 30.4 Å². The first kappa shape index (κ1) is 27.6. The van der Waals surface area contributed by atoms with E-state index in [4.69, 9.17) is 71.5 Å². The molecule has 0 spiro atoms. The van der Waals surface area contributed by atoms with Crippen LogP contribution >= 0.6 is 55.2 Å². The molecule has 0 amide bonds. The first-order valence-electron chi connectivity index (χ1n) is 8.01. The van der Waals surface area contributed by atoms with Crippen LogP contribution in [0.15, 0.2) is 21.0 Å². The number of hydrogen-bond donors (Lipinski definition) is 0. The highest BCUT2D eigenvalue weighted by Gasteiger charge is 2.44. The second kappa shape index (κ2) is 13.8. The molecule has 0 saturated carbocycles. The molecule has 0 aliphatic heterocycles. The van der Waals surface area contributed by atoms with Crippen molar-refractivity contribution in [3.63, 3.8) is 0 Å². The van der Waals surface area contributed by atoms with Crippen molar-refractivity contribution in [1.29, 1.82) is 0 Å². The maximum atomic E-state index is 13.5. The van der Waals surface area contributed by atoms with E-state index in [0.29, 0.717) is 0 Å². The number of carbonyl (C=O) groups is 1. The second-order valence-corrected chi connectivity index (χ2v) is 8.06. The highest BCUT2D eigenvalue weighted by molar-refractivity contribution is 7.78. The van der Waals surface area contributed by atoms with E-state index in [-0.39, 0.29) is 28.9 Å². The maximum absolute atomic E-state index is 13.5. The molecular formula is C16H21Cl2O7PS2. The fourth-order valence-corrected chi connectivity index (χ4v) is 4.32. The second-order valence-electron chi connectivity index (χ2n) is 5.10. The topological polar surface area (TPSA) is 80.3 Å². The summed E-state index contributed by atoms with van der Waals surface area (Å²) < 4.78 is 28.1. The van der Waals surface area contributed by atoms with Gasteiger partial charge in [-0.1, -0.05) is 37.0 Å². The molecule has 158 valence electrons. The highest BCUT2D eigenvalue weighted by atomic mass is 35.5. The fourth-order valence-electron chi connectivity index (χ4n) is 2.05. The van der Waals surface area contributed by atoms with Gasteiger partial charge in [-0.05, 0) is 53.9 Å². The summed E-state index contributed by atoms with van der Waals surface area (Å²) in [7, 11) is -3.41. The Labute approximate surface area is 185 Å². The van der Waals surface area contributed by atoms with Gasteiger partial charge >= 0.3 is 13.6 Å². The van der Waals surface area contributed by atoms with Gasteiger partial charge in [0.15, 0.2) is 5.31 Å². The van der Waals surface area contributed by atoms with Crippen LogP contribution in [0.2, 0.25) is 0 Å². The summed E-state index contributed by atoms with van der Waals surface area (Å²) >= 11 is 21.8. The lowest BCUT2D eigenvalue weighted by Crippen LogP contribution is -2.20. The van der Waals surface area contributed by atoms with Crippen LogP contribution in [0.1, 0.15) is 27.7 Å².